The van der Waals surface area contributed by atoms with Gasteiger partial charge in [-0.25, -0.2) is 0 Å². The zero-order chi connectivity index (χ0) is 32.8. The van der Waals surface area contributed by atoms with Crippen molar-refractivity contribution in [3.8, 4) is 0 Å². The molecule has 1 aliphatic rings. The van der Waals surface area contributed by atoms with Crippen molar-refractivity contribution in [2.75, 3.05) is 33.0 Å². The van der Waals surface area contributed by atoms with Crippen molar-refractivity contribution in [3.05, 3.63) is 0 Å². The summed E-state index contributed by atoms with van der Waals surface area (Å²) in [5.41, 5.74) is 0. The highest BCUT2D eigenvalue weighted by atomic mass is 16.7. The molecule has 4 N–H and O–H groups in total. The highest BCUT2D eigenvalue weighted by Crippen LogP contribution is 2.22. The molecule has 1 aliphatic heterocycles. The Bertz CT molecular complexity index is 607. The van der Waals surface area contributed by atoms with E-state index in [1.54, 1.807) is 0 Å². The maximum atomic E-state index is 10.3. The van der Waals surface area contributed by atoms with Gasteiger partial charge in [0, 0.05) is 13.2 Å². The van der Waals surface area contributed by atoms with E-state index in [2.05, 4.69) is 13.8 Å². The van der Waals surface area contributed by atoms with E-state index in [1.807, 2.05) is 0 Å². The maximum absolute atomic E-state index is 10.3. The first-order valence-electron chi connectivity index (χ1n) is 19.2. The SMILES string of the molecule is CCCCCCCCCCCCCCOC[C@@H](CO[C@@H]1O[C@H](CO)[C@@H](O)[C@H](O)[C@H]1O)OCCCCCCCCCCCCCC. The Morgan fingerprint density at radius 3 is 1.38 bits per heavy atom. The van der Waals surface area contributed by atoms with Crippen LogP contribution in [0.1, 0.15) is 168 Å². The second-order valence-corrected chi connectivity index (χ2v) is 13.4. The molecule has 1 fully saturated rings. The fourth-order valence-corrected chi connectivity index (χ4v) is 6.00. The second-order valence-electron chi connectivity index (χ2n) is 13.4. The van der Waals surface area contributed by atoms with E-state index in [4.69, 9.17) is 18.9 Å². The Labute approximate surface area is 277 Å². The lowest BCUT2D eigenvalue weighted by Gasteiger charge is -2.39. The molecule has 1 saturated heterocycles. The third kappa shape index (κ3) is 22.8. The number of aliphatic hydroxyl groups excluding tert-OH is 4. The zero-order valence-corrected chi connectivity index (χ0v) is 29.4. The van der Waals surface area contributed by atoms with Gasteiger partial charge in [0.15, 0.2) is 6.29 Å². The van der Waals surface area contributed by atoms with Gasteiger partial charge in [-0.15, -0.1) is 0 Å². The molecule has 0 aromatic rings. The van der Waals surface area contributed by atoms with Gasteiger partial charge in [-0.05, 0) is 12.8 Å². The molecule has 6 atom stereocenters. The van der Waals surface area contributed by atoms with E-state index >= 15 is 0 Å². The van der Waals surface area contributed by atoms with Crippen molar-refractivity contribution in [1.82, 2.24) is 0 Å². The van der Waals surface area contributed by atoms with E-state index in [0.29, 0.717) is 19.8 Å². The normalized spacial score (nSPS) is 22.7. The van der Waals surface area contributed by atoms with Gasteiger partial charge in [-0.1, -0.05) is 155 Å². The van der Waals surface area contributed by atoms with Gasteiger partial charge in [0.25, 0.3) is 0 Å². The quantitative estimate of drug-likeness (QED) is 0.0539. The Hall–Kier alpha value is -0.320. The van der Waals surface area contributed by atoms with Gasteiger partial charge in [0.1, 0.15) is 30.5 Å². The molecule has 270 valence electrons. The minimum atomic E-state index is -1.46. The Morgan fingerprint density at radius 2 is 0.933 bits per heavy atom. The van der Waals surface area contributed by atoms with Crippen molar-refractivity contribution >= 4 is 0 Å². The number of unbranched alkanes of at least 4 members (excludes halogenated alkanes) is 22. The van der Waals surface area contributed by atoms with E-state index in [1.165, 1.54) is 135 Å². The van der Waals surface area contributed by atoms with Crippen molar-refractivity contribution < 1.29 is 39.4 Å². The highest BCUT2D eigenvalue weighted by molar-refractivity contribution is 4.89. The predicted molar refractivity (Wildman–Crippen MR) is 182 cm³/mol. The van der Waals surface area contributed by atoms with Gasteiger partial charge in [-0.3, -0.25) is 0 Å². The van der Waals surface area contributed by atoms with Gasteiger partial charge < -0.3 is 39.4 Å². The van der Waals surface area contributed by atoms with Crippen LogP contribution in [0.5, 0.6) is 0 Å². The molecule has 45 heavy (non-hydrogen) atoms. The fourth-order valence-electron chi connectivity index (χ4n) is 6.00. The Morgan fingerprint density at radius 1 is 0.511 bits per heavy atom. The van der Waals surface area contributed by atoms with Crippen molar-refractivity contribution in [3.63, 3.8) is 0 Å². The molecule has 8 heteroatoms. The lowest BCUT2D eigenvalue weighted by atomic mass is 9.99. The summed E-state index contributed by atoms with van der Waals surface area (Å²) in [6.07, 6.45) is 24.4. The molecule has 0 amide bonds. The summed E-state index contributed by atoms with van der Waals surface area (Å²) in [7, 11) is 0. The Balaban J connectivity index is 2.25. The lowest BCUT2D eigenvalue weighted by Crippen LogP contribution is -2.59. The molecule has 1 heterocycles. The molecule has 0 spiro atoms. The molecule has 0 bridgehead atoms. The minimum absolute atomic E-state index is 0.124. The van der Waals surface area contributed by atoms with Crippen LogP contribution in [-0.4, -0.2) is 90.3 Å². The molecule has 1 rings (SSSR count). The Kier molecular flexibility index (Phi) is 29.4. The first kappa shape index (κ1) is 42.7. The predicted octanol–water partition coefficient (Wildman–Crippen LogP) is 7.61. The topological polar surface area (TPSA) is 118 Å². The summed E-state index contributed by atoms with van der Waals surface area (Å²) >= 11 is 0. The molecule has 0 saturated carbocycles. The third-order valence-electron chi connectivity index (χ3n) is 9.09. The van der Waals surface area contributed by atoms with Crippen LogP contribution >= 0.6 is 0 Å². The van der Waals surface area contributed by atoms with Crippen molar-refractivity contribution in [1.29, 1.82) is 0 Å². The number of hydrogen-bond donors (Lipinski definition) is 4. The van der Waals surface area contributed by atoms with Crippen molar-refractivity contribution in [2.45, 2.75) is 205 Å². The van der Waals surface area contributed by atoms with Gasteiger partial charge >= 0.3 is 0 Å². The van der Waals surface area contributed by atoms with Crippen molar-refractivity contribution in [2.24, 2.45) is 0 Å². The van der Waals surface area contributed by atoms with E-state index in [-0.39, 0.29) is 12.7 Å². The first-order chi connectivity index (χ1) is 22.0. The summed E-state index contributed by atoms with van der Waals surface area (Å²) in [5, 5.41) is 39.9. The van der Waals surface area contributed by atoms with E-state index < -0.39 is 37.3 Å². The van der Waals surface area contributed by atoms with Gasteiger partial charge in [0.05, 0.1) is 19.8 Å². The summed E-state index contributed by atoms with van der Waals surface area (Å²) in [6.45, 7) is 5.84. The molecule has 0 unspecified atom stereocenters. The molecule has 0 radical (unpaired) electrons. The first-order valence-corrected chi connectivity index (χ1v) is 19.2. The molecular formula is C37H74O8. The zero-order valence-electron chi connectivity index (χ0n) is 29.4. The third-order valence-corrected chi connectivity index (χ3v) is 9.09. The monoisotopic (exact) mass is 647 g/mol. The molecule has 0 aromatic heterocycles. The van der Waals surface area contributed by atoms with Crippen LogP contribution in [0.15, 0.2) is 0 Å². The maximum Gasteiger partial charge on any atom is 0.186 e. The summed E-state index contributed by atoms with van der Waals surface area (Å²) in [4.78, 5) is 0. The fraction of sp³-hybridized carbons (Fsp3) is 1.00. The van der Waals surface area contributed by atoms with Crippen LogP contribution in [-0.2, 0) is 18.9 Å². The minimum Gasteiger partial charge on any atom is -0.394 e. The molecule has 0 aliphatic carbocycles. The molecule has 0 aromatic carbocycles. The van der Waals surface area contributed by atoms with Gasteiger partial charge in [-0.2, -0.15) is 0 Å². The number of hydrogen-bond acceptors (Lipinski definition) is 8. The van der Waals surface area contributed by atoms with Gasteiger partial charge in [0.2, 0.25) is 0 Å². The average molecular weight is 647 g/mol. The molecule has 8 nitrogen and oxygen atoms in total. The average Bonchev–Trinajstić information content (AvgIpc) is 3.05. The summed E-state index contributed by atoms with van der Waals surface area (Å²) in [5.74, 6) is 0. The van der Waals surface area contributed by atoms with Crippen LogP contribution in [0.4, 0.5) is 0 Å². The van der Waals surface area contributed by atoms with Crippen LogP contribution in [0, 0.1) is 0 Å². The standard InChI is InChI=1S/C37H74O8/c1-3-5-7-9-11-13-15-17-19-21-23-25-27-42-30-32(31-44-37-36(41)35(40)34(39)33(29-38)45-37)43-28-26-24-22-20-18-16-14-12-10-8-6-4-2/h32-41H,3-31H2,1-2H3/t32-,33+,34+,35-,36+,37+/m0/s1. The van der Waals surface area contributed by atoms with E-state index in [0.717, 1.165) is 19.3 Å². The van der Waals surface area contributed by atoms with Crippen LogP contribution in [0.2, 0.25) is 0 Å². The summed E-state index contributed by atoms with van der Waals surface area (Å²) < 4.78 is 23.4. The smallest absolute Gasteiger partial charge is 0.186 e. The number of aliphatic hydroxyl groups is 4. The molecular weight excluding hydrogens is 572 g/mol. The second kappa shape index (κ2) is 31.0. The summed E-state index contributed by atoms with van der Waals surface area (Å²) in [6, 6.07) is 0. The highest BCUT2D eigenvalue weighted by Gasteiger charge is 2.44. The largest absolute Gasteiger partial charge is 0.394 e. The van der Waals surface area contributed by atoms with Crippen LogP contribution < -0.4 is 0 Å². The number of ether oxygens (including phenoxy) is 4. The lowest BCUT2D eigenvalue weighted by molar-refractivity contribution is -0.306. The van der Waals surface area contributed by atoms with Crippen LogP contribution in [0.3, 0.4) is 0 Å². The van der Waals surface area contributed by atoms with Crippen LogP contribution in [0.25, 0.3) is 0 Å². The number of rotatable bonds is 33. The van der Waals surface area contributed by atoms with E-state index in [9.17, 15) is 20.4 Å².